The quantitative estimate of drug-likeness (QED) is 0.571. The van der Waals surface area contributed by atoms with E-state index in [9.17, 15) is 10.1 Å². The predicted molar refractivity (Wildman–Crippen MR) is 76.9 cm³/mol. The lowest BCUT2D eigenvalue weighted by Crippen LogP contribution is -2.14. The second-order valence-corrected chi connectivity index (χ2v) is 4.62. The number of nitro benzene ring substituents is 1. The van der Waals surface area contributed by atoms with Gasteiger partial charge in [0.15, 0.2) is 5.75 Å². The number of nitrogens with one attached hydrogen (secondary N) is 1. The van der Waals surface area contributed by atoms with Crippen molar-refractivity contribution >= 4 is 11.4 Å². The normalized spacial score (nSPS) is 11.9. The molecule has 5 nitrogen and oxygen atoms in total. The topological polar surface area (TPSA) is 64.4 Å². The summed E-state index contributed by atoms with van der Waals surface area (Å²) >= 11 is 0. The summed E-state index contributed by atoms with van der Waals surface area (Å²) in [7, 11) is 0. The monoisotopic (exact) mass is 266 g/mol. The Bertz CT molecular complexity index is 421. The third-order valence-electron chi connectivity index (χ3n) is 2.75. The predicted octanol–water partition coefficient (Wildman–Crippen LogP) is 3.98. The Morgan fingerprint density at radius 3 is 2.68 bits per heavy atom. The molecular formula is C14H22N2O3. The maximum Gasteiger partial charge on any atom is 0.311 e. The summed E-state index contributed by atoms with van der Waals surface area (Å²) in [5.41, 5.74) is 0.875. The van der Waals surface area contributed by atoms with Gasteiger partial charge in [0.2, 0.25) is 0 Å². The molecule has 0 aromatic heterocycles. The van der Waals surface area contributed by atoms with Gasteiger partial charge in [0.05, 0.1) is 11.5 Å². The molecule has 0 aliphatic carbocycles. The van der Waals surface area contributed by atoms with Crippen LogP contribution in [0.4, 0.5) is 11.4 Å². The average Bonchev–Trinajstić information content (AvgIpc) is 2.36. The van der Waals surface area contributed by atoms with E-state index < -0.39 is 4.92 Å². The average molecular weight is 266 g/mol. The molecule has 1 N–H and O–H groups in total. The molecule has 0 bridgehead atoms. The zero-order valence-electron chi connectivity index (χ0n) is 11.8. The minimum Gasteiger partial charge on any atom is -0.487 e. The van der Waals surface area contributed by atoms with Crippen molar-refractivity contribution in [2.45, 2.75) is 46.1 Å². The first-order valence-electron chi connectivity index (χ1n) is 6.76. The molecule has 1 aromatic rings. The van der Waals surface area contributed by atoms with Gasteiger partial charge in [-0.05, 0) is 25.8 Å². The van der Waals surface area contributed by atoms with Gasteiger partial charge < -0.3 is 10.1 Å². The fourth-order valence-corrected chi connectivity index (χ4v) is 1.87. The number of ether oxygens (including phenoxy) is 1. The Morgan fingerprint density at radius 2 is 2.11 bits per heavy atom. The maximum absolute atomic E-state index is 10.9. The highest BCUT2D eigenvalue weighted by atomic mass is 16.6. The molecule has 19 heavy (non-hydrogen) atoms. The van der Waals surface area contributed by atoms with Gasteiger partial charge in [-0.2, -0.15) is 0 Å². The molecular weight excluding hydrogens is 244 g/mol. The first-order valence-corrected chi connectivity index (χ1v) is 6.76. The van der Waals surface area contributed by atoms with Crippen molar-refractivity contribution in [2.24, 2.45) is 0 Å². The first-order chi connectivity index (χ1) is 9.08. The van der Waals surface area contributed by atoms with Crippen LogP contribution in [0.15, 0.2) is 18.2 Å². The zero-order valence-corrected chi connectivity index (χ0v) is 11.8. The Balaban J connectivity index is 2.87. The van der Waals surface area contributed by atoms with E-state index in [0.29, 0.717) is 18.4 Å². The highest BCUT2D eigenvalue weighted by molar-refractivity contribution is 5.58. The second-order valence-electron chi connectivity index (χ2n) is 4.62. The van der Waals surface area contributed by atoms with Crippen LogP contribution in [0.1, 0.15) is 40.0 Å². The number of anilines is 1. The lowest BCUT2D eigenvalue weighted by atomic mass is 10.2. The zero-order chi connectivity index (χ0) is 14.3. The molecule has 1 rings (SSSR count). The Morgan fingerprint density at radius 1 is 1.37 bits per heavy atom. The van der Waals surface area contributed by atoms with Crippen LogP contribution in [0.2, 0.25) is 0 Å². The highest BCUT2D eigenvalue weighted by Crippen LogP contribution is 2.30. The van der Waals surface area contributed by atoms with Gasteiger partial charge in [0.25, 0.3) is 0 Å². The molecule has 1 atom stereocenters. The van der Waals surface area contributed by atoms with E-state index in [2.05, 4.69) is 19.2 Å². The van der Waals surface area contributed by atoms with Crippen LogP contribution < -0.4 is 10.1 Å². The van der Waals surface area contributed by atoms with Crippen LogP contribution in [0.3, 0.4) is 0 Å². The summed E-state index contributed by atoms with van der Waals surface area (Å²) in [6.07, 6.45) is 2.98. The minimum atomic E-state index is -0.412. The molecule has 5 heteroatoms. The van der Waals surface area contributed by atoms with Crippen molar-refractivity contribution < 1.29 is 9.66 Å². The SMILES string of the molecule is CCCOc1cc(NC(C)CCC)ccc1[N+](=O)[O-]. The fourth-order valence-electron chi connectivity index (χ4n) is 1.87. The molecule has 1 aromatic carbocycles. The summed E-state index contributed by atoms with van der Waals surface area (Å²) in [6.45, 7) is 6.67. The Labute approximate surface area is 114 Å². The third-order valence-corrected chi connectivity index (χ3v) is 2.75. The van der Waals surface area contributed by atoms with E-state index in [0.717, 1.165) is 24.9 Å². The van der Waals surface area contributed by atoms with Gasteiger partial charge in [-0.15, -0.1) is 0 Å². The smallest absolute Gasteiger partial charge is 0.311 e. The number of hydrogen-bond acceptors (Lipinski definition) is 4. The standard InChI is InChI=1S/C14H22N2O3/c1-4-6-11(3)15-12-7-8-13(16(17)18)14(10-12)19-9-5-2/h7-8,10-11,15H,4-6,9H2,1-3H3. The largest absolute Gasteiger partial charge is 0.487 e. The molecule has 0 amide bonds. The number of rotatable bonds is 8. The van der Waals surface area contributed by atoms with Crippen molar-refractivity contribution in [3.8, 4) is 5.75 Å². The van der Waals surface area contributed by atoms with E-state index >= 15 is 0 Å². The van der Waals surface area contributed by atoms with E-state index in [-0.39, 0.29) is 5.69 Å². The molecule has 0 aliphatic heterocycles. The Kier molecular flexibility index (Phi) is 6.12. The fraction of sp³-hybridized carbons (Fsp3) is 0.571. The van der Waals surface area contributed by atoms with Gasteiger partial charge in [0.1, 0.15) is 0 Å². The van der Waals surface area contributed by atoms with Crippen LogP contribution in [-0.2, 0) is 0 Å². The number of hydrogen-bond donors (Lipinski definition) is 1. The van der Waals surface area contributed by atoms with Crippen molar-refractivity contribution in [1.82, 2.24) is 0 Å². The van der Waals surface area contributed by atoms with Gasteiger partial charge in [-0.25, -0.2) is 0 Å². The summed E-state index contributed by atoms with van der Waals surface area (Å²) in [4.78, 5) is 10.5. The van der Waals surface area contributed by atoms with Crippen molar-refractivity contribution in [1.29, 1.82) is 0 Å². The highest BCUT2D eigenvalue weighted by Gasteiger charge is 2.16. The first kappa shape index (κ1) is 15.3. The summed E-state index contributed by atoms with van der Waals surface area (Å²) in [5, 5.41) is 14.2. The van der Waals surface area contributed by atoms with E-state index in [1.54, 1.807) is 12.1 Å². The summed E-state index contributed by atoms with van der Waals surface area (Å²) in [6, 6.07) is 5.26. The van der Waals surface area contributed by atoms with Gasteiger partial charge in [-0.1, -0.05) is 20.3 Å². The number of benzene rings is 1. The molecule has 0 radical (unpaired) electrons. The molecule has 0 spiro atoms. The number of nitrogens with zero attached hydrogens (tertiary/aromatic N) is 1. The lowest BCUT2D eigenvalue weighted by Gasteiger charge is -2.15. The maximum atomic E-state index is 10.9. The number of nitro groups is 1. The third kappa shape index (κ3) is 4.77. The molecule has 0 saturated carbocycles. The van der Waals surface area contributed by atoms with Crippen molar-refractivity contribution in [2.75, 3.05) is 11.9 Å². The van der Waals surface area contributed by atoms with E-state index in [1.165, 1.54) is 6.07 Å². The van der Waals surface area contributed by atoms with Gasteiger partial charge in [0, 0.05) is 23.9 Å². The van der Waals surface area contributed by atoms with E-state index in [4.69, 9.17) is 4.74 Å². The van der Waals surface area contributed by atoms with Crippen LogP contribution in [0, 0.1) is 10.1 Å². The van der Waals surface area contributed by atoms with Crippen LogP contribution in [-0.4, -0.2) is 17.6 Å². The summed E-state index contributed by atoms with van der Waals surface area (Å²) < 4.78 is 5.45. The van der Waals surface area contributed by atoms with Crippen molar-refractivity contribution in [3.05, 3.63) is 28.3 Å². The second kappa shape index (κ2) is 7.61. The van der Waals surface area contributed by atoms with Crippen LogP contribution in [0.25, 0.3) is 0 Å². The molecule has 106 valence electrons. The molecule has 0 aliphatic rings. The van der Waals surface area contributed by atoms with Crippen molar-refractivity contribution in [3.63, 3.8) is 0 Å². The van der Waals surface area contributed by atoms with Gasteiger partial charge >= 0.3 is 5.69 Å². The molecule has 1 unspecified atom stereocenters. The van der Waals surface area contributed by atoms with Crippen LogP contribution in [0.5, 0.6) is 5.75 Å². The summed E-state index contributed by atoms with van der Waals surface area (Å²) in [5.74, 6) is 0.334. The lowest BCUT2D eigenvalue weighted by molar-refractivity contribution is -0.385. The molecule has 0 heterocycles. The van der Waals surface area contributed by atoms with E-state index in [1.807, 2.05) is 6.92 Å². The Hall–Kier alpha value is -1.78. The molecule has 0 fully saturated rings. The van der Waals surface area contributed by atoms with Gasteiger partial charge in [-0.3, -0.25) is 10.1 Å². The molecule has 0 saturated heterocycles. The minimum absolute atomic E-state index is 0.0159. The van der Waals surface area contributed by atoms with Crippen LogP contribution >= 0.6 is 0 Å².